The summed E-state index contributed by atoms with van der Waals surface area (Å²) < 4.78 is 5.08. The van der Waals surface area contributed by atoms with Crippen LogP contribution in [0.5, 0.6) is 5.75 Å². The molecule has 5 nitrogen and oxygen atoms in total. The molecule has 0 saturated heterocycles. The van der Waals surface area contributed by atoms with Gasteiger partial charge in [-0.3, -0.25) is 9.59 Å². The third-order valence-electron chi connectivity index (χ3n) is 3.18. The molecule has 0 aromatic heterocycles. The normalized spacial score (nSPS) is 10.3. The number of carbonyl (C=O) groups is 2. The van der Waals surface area contributed by atoms with Gasteiger partial charge in [0.2, 0.25) is 5.91 Å². The summed E-state index contributed by atoms with van der Waals surface area (Å²) in [5.41, 5.74) is 2.07. The Labute approximate surface area is 135 Å². The van der Waals surface area contributed by atoms with Gasteiger partial charge in [-0.25, -0.2) is 0 Å². The molecule has 2 rings (SSSR count). The van der Waals surface area contributed by atoms with Crippen molar-refractivity contribution in [2.24, 2.45) is 0 Å². The number of carbonyl (C=O) groups excluding carboxylic acids is 2. The highest BCUT2D eigenvalue weighted by Crippen LogP contribution is 2.13. The van der Waals surface area contributed by atoms with Gasteiger partial charge in [0.05, 0.1) is 7.11 Å². The maximum atomic E-state index is 11.9. The lowest BCUT2D eigenvalue weighted by Crippen LogP contribution is -2.17. The molecule has 0 heterocycles. The molecule has 0 aliphatic rings. The lowest BCUT2D eigenvalue weighted by Gasteiger charge is -2.04. The molecule has 0 fully saturated rings. The first-order valence-corrected chi connectivity index (χ1v) is 7.07. The molecule has 23 heavy (non-hydrogen) atoms. The average molecular weight is 310 g/mol. The molecule has 0 spiro atoms. The van der Waals surface area contributed by atoms with Crippen molar-refractivity contribution in [2.75, 3.05) is 19.5 Å². The maximum Gasteiger partial charge on any atom is 0.251 e. The van der Waals surface area contributed by atoms with Gasteiger partial charge in [0.1, 0.15) is 5.75 Å². The first-order valence-electron chi connectivity index (χ1n) is 7.07. The highest BCUT2D eigenvalue weighted by atomic mass is 16.5. The van der Waals surface area contributed by atoms with Crippen LogP contribution in [0.25, 0.3) is 6.08 Å². The fraction of sp³-hybridized carbons (Fsp3) is 0.111. The highest BCUT2D eigenvalue weighted by Gasteiger charge is 2.03. The molecule has 0 saturated carbocycles. The van der Waals surface area contributed by atoms with Gasteiger partial charge in [-0.15, -0.1) is 0 Å². The summed E-state index contributed by atoms with van der Waals surface area (Å²) in [5.74, 6) is 0.360. The van der Waals surface area contributed by atoms with E-state index in [1.54, 1.807) is 44.5 Å². The smallest absolute Gasteiger partial charge is 0.251 e. The summed E-state index contributed by atoms with van der Waals surface area (Å²) in [4.78, 5) is 23.3. The number of hydrogen-bond acceptors (Lipinski definition) is 3. The van der Waals surface area contributed by atoms with E-state index in [0.29, 0.717) is 11.3 Å². The number of benzene rings is 2. The molecule has 5 heteroatoms. The van der Waals surface area contributed by atoms with Crippen LogP contribution >= 0.6 is 0 Å². The fourth-order valence-electron chi connectivity index (χ4n) is 1.92. The van der Waals surface area contributed by atoms with Crippen LogP contribution in [0.1, 0.15) is 15.9 Å². The van der Waals surface area contributed by atoms with E-state index in [4.69, 9.17) is 4.74 Å². The van der Waals surface area contributed by atoms with E-state index in [0.717, 1.165) is 11.3 Å². The number of nitrogens with one attached hydrogen (secondary N) is 2. The number of methoxy groups -OCH3 is 1. The van der Waals surface area contributed by atoms with Crippen LogP contribution in [0, 0.1) is 0 Å². The Hall–Kier alpha value is -3.08. The van der Waals surface area contributed by atoms with Gasteiger partial charge in [-0.2, -0.15) is 0 Å². The Bertz CT molecular complexity index is 704. The van der Waals surface area contributed by atoms with Gasteiger partial charge < -0.3 is 15.4 Å². The molecule has 0 bridgehead atoms. The van der Waals surface area contributed by atoms with Gasteiger partial charge in [0.25, 0.3) is 5.91 Å². The van der Waals surface area contributed by atoms with E-state index >= 15 is 0 Å². The van der Waals surface area contributed by atoms with Crippen LogP contribution < -0.4 is 15.4 Å². The zero-order chi connectivity index (χ0) is 16.7. The van der Waals surface area contributed by atoms with Crippen molar-refractivity contribution < 1.29 is 14.3 Å². The second-order valence-corrected chi connectivity index (χ2v) is 4.75. The van der Waals surface area contributed by atoms with E-state index in [1.165, 1.54) is 6.08 Å². The minimum atomic E-state index is -0.242. The molecular formula is C18H18N2O3. The van der Waals surface area contributed by atoms with Gasteiger partial charge in [-0.1, -0.05) is 12.1 Å². The molecule has 2 N–H and O–H groups in total. The van der Waals surface area contributed by atoms with Crippen molar-refractivity contribution >= 4 is 23.6 Å². The third kappa shape index (κ3) is 4.71. The lowest BCUT2D eigenvalue weighted by atomic mass is 10.2. The molecule has 0 atom stereocenters. The SMILES string of the molecule is CNC(=O)c1ccc(NC(=O)/C=C/c2ccc(OC)cc2)cc1. The van der Waals surface area contributed by atoms with Crippen LogP contribution in [0.4, 0.5) is 5.69 Å². The number of rotatable bonds is 5. The van der Waals surface area contributed by atoms with Gasteiger partial charge in [0, 0.05) is 24.4 Å². The van der Waals surface area contributed by atoms with Crippen LogP contribution in [-0.2, 0) is 4.79 Å². The predicted octanol–water partition coefficient (Wildman–Crippen LogP) is 2.71. The molecule has 0 aliphatic heterocycles. The number of amides is 2. The first kappa shape index (κ1) is 16.3. The zero-order valence-corrected chi connectivity index (χ0v) is 13.0. The van der Waals surface area contributed by atoms with Crippen LogP contribution in [0.15, 0.2) is 54.6 Å². The number of hydrogen-bond donors (Lipinski definition) is 2. The van der Waals surface area contributed by atoms with Crippen LogP contribution in [0.2, 0.25) is 0 Å². The number of anilines is 1. The Morgan fingerprint density at radius 2 is 1.65 bits per heavy atom. The second-order valence-electron chi connectivity index (χ2n) is 4.75. The maximum absolute atomic E-state index is 11.9. The Morgan fingerprint density at radius 1 is 1.00 bits per heavy atom. The van der Waals surface area contributed by atoms with Crippen LogP contribution in [0.3, 0.4) is 0 Å². The van der Waals surface area contributed by atoms with Crippen molar-refractivity contribution in [1.82, 2.24) is 5.32 Å². The lowest BCUT2D eigenvalue weighted by molar-refractivity contribution is -0.111. The van der Waals surface area contributed by atoms with E-state index < -0.39 is 0 Å². The number of ether oxygens (including phenoxy) is 1. The Kier molecular flexibility index (Phi) is 5.52. The zero-order valence-electron chi connectivity index (χ0n) is 13.0. The minimum absolute atomic E-state index is 0.165. The monoisotopic (exact) mass is 310 g/mol. The molecule has 118 valence electrons. The van der Waals surface area contributed by atoms with E-state index in [9.17, 15) is 9.59 Å². The summed E-state index contributed by atoms with van der Waals surface area (Å²) in [6.45, 7) is 0. The molecule has 0 aliphatic carbocycles. The molecule has 2 amide bonds. The summed E-state index contributed by atoms with van der Waals surface area (Å²) >= 11 is 0. The summed E-state index contributed by atoms with van der Waals surface area (Å²) in [6.07, 6.45) is 3.17. The van der Waals surface area contributed by atoms with Gasteiger partial charge in [0.15, 0.2) is 0 Å². The largest absolute Gasteiger partial charge is 0.497 e. The quantitative estimate of drug-likeness (QED) is 0.834. The van der Waals surface area contributed by atoms with E-state index in [1.807, 2.05) is 24.3 Å². The molecular weight excluding hydrogens is 292 g/mol. The molecule has 2 aromatic rings. The van der Waals surface area contributed by atoms with Gasteiger partial charge in [-0.05, 0) is 48.0 Å². The van der Waals surface area contributed by atoms with E-state index in [-0.39, 0.29) is 11.8 Å². The minimum Gasteiger partial charge on any atom is -0.497 e. The predicted molar refractivity (Wildman–Crippen MR) is 90.5 cm³/mol. The first-order chi connectivity index (χ1) is 11.1. The van der Waals surface area contributed by atoms with Crippen molar-refractivity contribution in [3.8, 4) is 5.75 Å². The standard InChI is InChI=1S/C18H18N2O3/c1-19-18(22)14-6-8-15(9-7-14)20-17(21)12-5-13-3-10-16(23-2)11-4-13/h3-12H,1-2H3,(H,19,22)(H,20,21)/b12-5+. The molecule has 0 unspecified atom stereocenters. The van der Waals surface area contributed by atoms with Crippen molar-refractivity contribution in [1.29, 1.82) is 0 Å². The third-order valence-corrected chi connectivity index (χ3v) is 3.18. The average Bonchev–Trinajstić information content (AvgIpc) is 2.60. The summed E-state index contributed by atoms with van der Waals surface area (Å²) in [7, 11) is 3.18. The topological polar surface area (TPSA) is 67.4 Å². The van der Waals surface area contributed by atoms with Crippen LogP contribution in [-0.4, -0.2) is 26.0 Å². The van der Waals surface area contributed by atoms with Crippen molar-refractivity contribution in [3.63, 3.8) is 0 Å². The summed E-state index contributed by atoms with van der Waals surface area (Å²) in [6, 6.07) is 14.1. The van der Waals surface area contributed by atoms with Crippen molar-refractivity contribution in [3.05, 3.63) is 65.7 Å². The fourth-order valence-corrected chi connectivity index (χ4v) is 1.92. The Balaban J connectivity index is 1.95. The van der Waals surface area contributed by atoms with E-state index in [2.05, 4.69) is 10.6 Å². The summed E-state index contributed by atoms with van der Waals surface area (Å²) in [5, 5.41) is 5.28. The van der Waals surface area contributed by atoms with Gasteiger partial charge >= 0.3 is 0 Å². The highest BCUT2D eigenvalue weighted by molar-refractivity contribution is 6.02. The molecule has 0 radical (unpaired) electrons. The second kappa shape index (κ2) is 7.79. The molecule has 2 aromatic carbocycles. The van der Waals surface area contributed by atoms with Crippen molar-refractivity contribution in [2.45, 2.75) is 0 Å². The Morgan fingerprint density at radius 3 is 2.22 bits per heavy atom.